The van der Waals surface area contributed by atoms with Gasteiger partial charge >= 0.3 is 0 Å². The van der Waals surface area contributed by atoms with Crippen LogP contribution in [-0.4, -0.2) is 51.1 Å². The highest BCUT2D eigenvalue weighted by molar-refractivity contribution is 7.89. The van der Waals surface area contributed by atoms with Gasteiger partial charge < -0.3 is 0 Å². The summed E-state index contributed by atoms with van der Waals surface area (Å²) in [5.41, 5.74) is 0.686. The molecule has 0 amide bonds. The molecule has 0 aliphatic rings. The molecule has 0 N–H and O–H groups in total. The molecule has 2 rings (SSSR count). The van der Waals surface area contributed by atoms with Crippen LogP contribution in [0.1, 0.15) is 12.0 Å². The minimum absolute atomic E-state index is 0.00212. The van der Waals surface area contributed by atoms with Crippen molar-refractivity contribution in [3.8, 4) is 6.07 Å². The number of aromatic nitrogens is 1. The Morgan fingerprint density at radius 3 is 2.07 bits per heavy atom. The number of nitriles is 1. The predicted octanol–water partition coefficient (Wildman–Crippen LogP) is 1.44. The predicted molar refractivity (Wildman–Crippen MR) is 99.4 cm³/mol. The third-order valence-corrected chi connectivity index (χ3v) is 7.48. The van der Waals surface area contributed by atoms with E-state index < -0.39 is 20.0 Å². The van der Waals surface area contributed by atoms with Gasteiger partial charge in [-0.15, -0.1) is 0 Å². The Kier molecular flexibility index (Phi) is 6.67. The van der Waals surface area contributed by atoms with Gasteiger partial charge in [-0.3, -0.25) is 4.98 Å². The summed E-state index contributed by atoms with van der Waals surface area (Å²) in [6.45, 7) is 0.0844. The average Bonchev–Trinajstić information content (AvgIpc) is 2.65. The summed E-state index contributed by atoms with van der Waals surface area (Å²) in [5.74, 6) is 0. The topological polar surface area (TPSA) is 111 Å². The molecule has 0 atom stereocenters. The van der Waals surface area contributed by atoms with Crippen LogP contribution < -0.4 is 0 Å². The van der Waals surface area contributed by atoms with Crippen molar-refractivity contribution in [2.75, 3.05) is 20.6 Å². The van der Waals surface area contributed by atoms with E-state index in [4.69, 9.17) is 5.26 Å². The molecule has 0 saturated heterocycles. The summed E-state index contributed by atoms with van der Waals surface area (Å²) in [5, 5.41) is 8.84. The van der Waals surface area contributed by atoms with Crippen molar-refractivity contribution in [3.63, 3.8) is 0 Å². The number of hydrogen-bond acceptors (Lipinski definition) is 6. The molecule has 10 heteroatoms. The number of hydrogen-bond donors (Lipinski definition) is 0. The van der Waals surface area contributed by atoms with E-state index in [2.05, 4.69) is 4.98 Å². The monoisotopic (exact) mass is 408 g/mol. The van der Waals surface area contributed by atoms with Crippen LogP contribution in [0.5, 0.6) is 0 Å². The zero-order valence-electron chi connectivity index (χ0n) is 15.0. The van der Waals surface area contributed by atoms with Crippen molar-refractivity contribution in [3.05, 3.63) is 54.4 Å². The van der Waals surface area contributed by atoms with E-state index >= 15 is 0 Å². The Morgan fingerprint density at radius 2 is 1.59 bits per heavy atom. The molecular weight excluding hydrogens is 388 g/mol. The molecule has 2 aromatic rings. The van der Waals surface area contributed by atoms with Crippen LogP contribution in [0.4, 0.5) is 0 Å². The van der Waals surface area contributed by atoms with Crippen LogP contribution in [0.25, 0.3) is 0 Å². The minimum atomic E-state index is -3.91. The number of sulfonamides is 2. The molecule has 1 aromatic heterocycles. The van der Waals surface area contributed by atoms with Gasteiger partial charge in [-0.2, -0.15) is 9.57 Å². The first-order chi connectivity index (χ1) is 12.7. The van der Waals surface area contributed by atoms with Gasteiger partial charge in [-0.05, 0) is 35.9 Å². The van der Waals surface area contributed by atoms with Crippen molar-refractivity contribution < 1.29 is 16.8 Å². The van der Waals surface area contributed by atoms with Gasteiger partial charge in [0.15, 0.2) is 0 Å². The van der Waals surface area contributed by atoms with Crippen LogP contribution in [0.2, 0.25) is 0 Å². The summed E-state index contributed by atoms with van der Waals surface area (Å²) in [7, 11) is -4.76. The largest absolute Gasteiger partial charge is 0.264 e. The molecule has 144 valence electrons. The molecule has 0 saturated carbocycles. The summed E-state index contributed by atoms with van der Waals surface area (Å²) >= 11 is 0. The van der Waals surface area contributed by atoms with Crippen molar-refractivity contribution in [1.29, 1.82) is 5.26 Å². The molecule has 0 bridgehead atoms. The normalized spacial score (nSPS) is 12.3. The van der Waals surface area contributed by atoms with Crippen LogP contribution >= 0.6 is 0 Å². The highest BCUT2D eigenvalue weighted by Crippen LogP contribution is 2.21. The van der Waals surface area contributed by atoms with E-state index in [1.165, 1.54) is 42.7 Å². The maximum atomic E-state index is 13.0. The summed E-state index contributed by atoms with van der Waals surface area (Å²) in [6, 6.07) is 10.4. The Morgan fingerprint density at radius 1 is 1.00 bits per heavy atom. The van der Waals surface area contributed by atoms with Crippen molar-refractivity contribution in [2.24, 2.45) is 0 Å². The molecule has 27 heavy (non-hydrogen) atoms. The van der Waals surface area contributed by atoms with Crippen LogP contribution in [0, 0.1) is 11.3 Å². The lowest BCUT2D eigenvalue weighted by atomic mass is 10.3. The SMILES string of the molecule is CN(C)S(=O)(=O)c1ccc(S(=O)(=O)N(CCC#N)Cc2cccnc2)cc1. The lowest BCUT2D eigenvalue weighted by Gasteiger charge is -2.21. The fourth-order valence-electron chi connectivity index (χ4n) is 2.30. The number of nitrogens with zero attached hydrogens (tertiary/aromatic N) is 4. The van der Waals surface area contributed by atoms with Gasteiger partial charge in [0.2, 0.25) is 20.0 Å². The molecule has 0 radical (unpaired) electrons. The number of benzene rings is 1. The van der Waals surface area contributed by atoms with Gasteiger partial charge in [0.05, 0.1) is 15.9 Å². The zero-order valence-corrected chi connectivity index (χ0v) is 16.6. The molecule has 0 fully saturated rings. The maximum Gasteiger partial charge on any atom is 0.243 e. The van der Waals surface area contributed by atoms with E-state index in [1.54, 1.807) is 24.5 Å². The third-order valence-electron chi connectivity index (χ3n) is 3.79. The van der Waals surface area contributed by atoms with E-state index in [9.17, 15) is 16.8 Å². The van der Waals surface area contributed by atoms with E-state index in [1.807, 2.05) is 6.07 Å². The van der Waals surface area contributed by atoms with Gasteiger partial charge in [-0.1, -0.05) is 6.07 Å². The molecule has 1 aromatic carbocycles. The van der Waals surface area contributed by atoms with Crippen molar-refractivity contribution in [2.45, 2.75) is 22.8 Å². The van der Waals surface area contributed by atoms with E-state index in [0.29, 0.717) is 5.56 Å². The Labute approximate surface area is 159 Å². The second-order valence-electron chi connectivity index (χ2n) is 5.87. The molecule has 1 heterocycles. The highest BCUT2D eigenvalue weighted by Gasteiger charge is 2.25. The Balaban J connectivity index is 2.36. The second-order valence-corrected chi connectivity index (χ2v) is 9.96. The van der Waals surface area contributed by atoms with Crippen LogP contribution in [0.3, 0.4) is 0 Å². The average molecular weight is 409 g/mol. The fraction of sp³-hybridized carbons (Fsp3) is 0.294. The fourth-order valence-corrected chi connectivity index (χ4v) is 4.63. The number of rotatable bonds is 8. The standard InChI is InChI=1S/C17H20N4O4S2/c1-20(2)26(22,23)16-6-8-17(9-7-16)27(24,25)21(12-4-10-18)14-15-5-3-11-19-13-15/h3,5-9,11,13H,4,12,14H2,1-2H3. The maximum absolute atomic E-state index is 13.0. The Hall–Kier alpha value is -2.32. The molecule has 0 spiro atoms. The first kappa shape index (κ1) is 21.0. The van der Waals surface area contributed by atoms with Crippen molar-refractivity contribution >= 4 is 20.0 Å². The Bertz CT molecular complexity index is 1010. The first-order valence-corrected chi connectivity index (χ1v) is 10.9. The third kappa shape index (κ3) is 4.90. The van der Waals surface area contributed by atoms with Crippen LogP contribution in [-0.2, 0) is 26.6 Å². The molecular formula is C17H20N4O4S2. The smallest absolute Gasteiger partial charge is 0.243 e. The van der Waals surface area contributed by atoms with Gasteiger partial charge in [0.1, 0.15) is 0 Å². The van der Waals surface area contributed by atoms with E-state index in [0.717, 1.165) is 4.31 Å². The zero-order chi connectivity index (χ0) is 20.1. The molecule has 0 aliphatic carbocycles. The lowest BCUT2D eigenvalue weighted by molar-refractivity contribution is 0.413. The summed E-state index contributed by atoms with van der Waals surface area (Å²) in [6.07, 6.45) is 3.18. The summed E-state index contributed by atoms with van der Waals surface area (Å²) in [4.78, 5) is 3.93. The van der Waals surface area contributed by atoms with Gasteiger partial charge in [0.25, 0.3) is 0 Å². The van der Waals surface area contributed by atoms with Crippen LogP contribution in [0.15, 0.2) is 58.6 Å². The highest BCUT2D eigenvalue weighted by atomic mass is 32.2. The molecule has 0 unspecified atom stereocenters. The molecule has 0 aliphatic heterocycles. The van der Waals surface area contributed by atoms with E-state index in [-0.39, 0.29) is 29.3 Å². The second kappa shape index (κ2) is 8.58. The quantitative estimate of drug-likeness (QED) is 0.653. The van der Waals surface area contributed by atoms with Gasteiger partial charge in [-0.25, -0.2) is 21.1 Å². The first-order valence-electron chi connectivity index (χ1n) is 7.98. The molecule has 8 nitrogen and oxygen atoms in total. The lowest BCUT2D eigenvalue weighted by Crippen LogP contribution is -2.31. The summed E-state index contributed by atoms with van der Waals surface area (Å²) < 4.78 is 52.4. The minimum Gasteiger partial charge on any atom is -0.264 e. The van der Waals surface area contributed by atoms with Crippen molar-refractivity contribution in [1.82, 2.24) is 13.6 Å². The van der Waals surface area contributed by atoms with Gasteiger partial charge in [0, 0.05) is 46.0 Å². The number of pyridine rings is 1.